The Bertz CT molecular complexity index is 622. The smallest absolute Gasteiger partial charge is 0.124 e. The van der Waals surface area contributed by atoms with Crippen LogP contribution in [-0.2, 0) is 6.42 Å². The number of halogens is 4. The zero-order chi connectivity index (χ0) is 14.7. The lowest BCUT2D eigenvalue weighted by atomic mass is 9.99. The van der Waals surface area contributed by atoms with Crippen LogP contribution in [0.2, 0.25) is 10.0 Å². The lowest BCUT2D eigenvalue weighted by molar-refractivity contribution is 0.551. The molecule has 0 aliphatic carbocycles. The summed E-state index contributed by atoms with van der Waals surface area (Å²) >= 11 is 15.5. The maximum Gasteiger partial charge on any atom is 0.124 e. The Hall–Kier alpha value is -0.650. The van der Waals surface area contributed by atoms with Gasteiger partial charge in [0.15, 0.2) is 0 Å². The zero-order valence-corrected chi connectivity index (χ0v) is 13.4. The van der Waals surface area contributed by atoms with E-state index in [2.05, 4.69) is 21.4 Å². The topological polar surface area (TPSA) is 38.0 Å². The van der Waals surface area contributed by atoms with Crippen LogP contribution in [0.15, 0.2) is 40.9 Å². The maximum atomic E-state index is 13.0. The van der Waals surface area contributed by atoms with Crippen LogP contribution in [0.3, 0.4) is 0 Å². The molecule has 6 heteroatoms. The summed E-state index contributed by atoms with van der Waals surface area (Å²) in [5.41, 5.74) is 4.48. The van der Waals surface area contributed by atoms with E-state index in [9.17, 15) is 4.39 Å². The predicted molar refractivity (Wildman–Crippen MR) is 84.3 cm³/mol. The van der Waals surface area contributed by atoms with Crippen molar-refractivity contribution in [3.63, 3.8) is 0 Å². The van der Waals surface area contributed by atoms with Gasteiger partial charge in [-0.15, -0.1) is 0 Å². The number of rotatable bonds is 4. The number of nitrogens with one attached hydrogen (secondary N) is 1. The maximum absolute atomic E-state index is 13.0. The van der Waals surface area contributed by atoms with E-state index < -0.39 is 0 Å². The van der Waals surface area contributed by atoms with Crippen LogP contribution in [0.4, 0.5) is 4.39 Å². The monoisotopic (exact) mass is 376 g/mol. The fraction of sp³-hybridized carbons (Fsp3) is 0.143. The van der Waals surface area contributed by atoms with Crippen LogP contribution < -0.4 is 11.3 Å². The summed E-state index contributed by atoms with van der Waals surface area (Å²) in [6.07, 6.45) is 0.535. The summed E-state index contributed by atoms with van der Waals surface area (Å²) in [5.74, 6) is 5.24. The minimum Gasteiger partial charge on any atom is -0.271 e. The highest BCUT2D eigenvalue weighted by atomic mass is 79.9. The molecule has 2 nitrogen and oxygen atoms in total. The molecule has 0 heterocycles. The summed E-state index contributed by atoms with van der Waals surface area (Å²) in [6.45, 7) is 0. The number of nitrogens with two attached hydrogens (primary N) is 1. The van der Waals surface area contributed by atoms with Gasteiger partial charge in [0.2, 0.25) is 0 Å². The highest BCUT2D eigenvalue weighted by Gasteiger charge is 2.14. The summed E-state index contributed by atoms with van der Waals surface area (Å²) in [4.78, 5) is 0. The molecular formula is C14H12BrCl2FN2. The number of hydrogen-bond acceptors (Lipinski definition) is 2. The van der Waals surface area contributed by atoms with E-state index in [-0.39, 0.29) is 11.9 Å². The normalized spacial score (nSPS) is 12.4. The van der Waals surface area contributed by atoms with E-state index in [1.807, 2.05) is 18.2 Å². The largest absolute Gasteiger partial charge is 0.271 e. The van der Waals surface area contributed by atoms with Crippen molar-refractivity contribution in [2.75, 3.05) is 0 Å². The second-order valence-corrected chi connectivity index (χ2v) is 6.00. The Labute approximate surface area is 135 Å². The van der Waals surface area contributed by atoms with Gasteiger partial charge in [-0.1, -0.05) is 35.3 Å². The van der Waals surface area contributed by atoms with Gasteiger partial charge in [-0.05, 0) is 57.7 Å². The molecule has 2 aromatic carbocycles. The molecule has 20 heavy (non-hydrogen) atoms. The van der Waals surface area contributed by atoms with Crippen molar-refractivity contribution < 1.29 is 4.39 Å². The van der Waals surface area contributed by atoms with Gasteiger partial charge in [0.05, 0.1) is 11.1 Å². The van der Waals surface area contributed by atoms with Gasteiger partial charge < -0.3 is 0 Å². The quantitative estimate of drug-likeness (QED) is 0.601. The molecule has 0 spiro atoms. The lowest BCUT2D eigenvalue weighted by Crippen LogP contribution is -2.29. The first-order chi connectivity index (χ1) is 9.51. The molecule has 0 aliphatic heterocycles. The van der Waals surface area contributed by atoms with Crippen LogP contribution in [0.5, 0.6) is 0 Å². The molecule has 0 amide bonds. The Kier molecular flexibility index (Phi) is 5.41. The molecule has 2 rings (SSSR count). The number of benzene rings is 2. The van der Waals surface area contributed by atoms with Gasteiger partial charge in [0.1, 0.15) is 5.82 Å². The van der Waals surface area contributed by atoms with E-state index in [4.69, 9.17) is 29.0 Å². The van der Waals surface area contributed by atoms with Crippen molar-refractivity contribution in [2.45, 2.75) is 12.5 Å². The molecule has 0 bridgehead atoms. The molecule has 2 aromatic rings. The van der Waals surface area contributed by atoms with Crippen molar-refractivity contribution in [3.8, 4) is 0 Å². The second-order valence-electron chi connectivity index (χ2n) is 4.33. The summed E-state index contributed by atoms with van der Waals surface area (Å²) in [6, 6.07) is 9.76. The average molecular weight is 378 g/mol. The fourth-order valence-corrected chi connectivity index (χ4v) is 2.59. The van der Waals surface area contributed by atoms with Crippen molar-refractivity contribution >= 4 is 39.1 Å². The third kappa shape index (κ3) is 3.71. The number of hydrogen-bond donors (Lipinski definition) is 2. The molecule has 0 saturated carbocycles. The van der Waals surface area contributed by atoms with Crippen LogP contribution in [0.25, 0.3) is 0 Å². The third-order valence-corrected chi connectivity index (χ3v) is 4.57. The first-order valence-corrected chi connectivity index (χ1v) is 7.41. The van der Waals surface area contributed by atoms with Crippen LogP contribution in [-0.4, -0.2) is 0 Å². The molecule has 0 aromatic heterocycles. The molecule has 106 valence electrons. The van der Waals surface area contributed by atoms with Crippen LogP contribution in [0, 0.1) is 5.82 Å². The van der Waals surface area contributed by atoms with Gasteiger partial charge in [0, 0.05) is 9.50 Å². The van der Waals surface area contributed by atoms with E-state index in [0.717, 1.165) is 15.6 Å². The Morgan fingerprint density at radius 3 is 2.50 bits per heavy atom. The van der Waals surface area contributed by atoms with Crippen molar-refractivity contribution in [2.24, 2.45) is 5.84 Å². The van der Waals surface area contributed by atoms with Crippen LogP contribution in [0.1, 0.15) is 17.2 Å². The summed E-state index contributed by atoms with van der Waals surface area (Å²) in [7, 11) is 0. The molecule has 1 atom stereocenters. The fourth-order valence-electron chi connectivity index (χ4n) is 1.91. The Morgan fingerprint density at radius 1 is 1.15 bits per heavy atom. The minimum absolute atomic E-state index is 0.163. The summed E-state index contributed by atoms with van der Waals surface area (Å²) < 4.78 is 13.9. The van der Waals surface area contributed by atoms with Gasteiger partial charge in [-0.25, -0.2) is 4.39 Å². The third-order valence-electron chi connectivity index (χ3n) is 2.99. The zero-order valence-electron chi connectivity index (χ0n) is 10.3. The van der Waals surface area contributed by atoms with Gasteiger partial charge in [0.25, 0.3) is 0 Å². The first-order valence-electron chi connectivity index (χ1n) is 5.86. The standard InChI is InChI=1S/C14H12BrCl2FN2/c15-11-4-2-9(5-13(11)17)14(20-19)6-8-1-3-10(18)7-12(8)16/h1-5,7,14,20H,6,19H2. The molecule has 0 aliphatic rings. The number of hydrazine groups is 1. The SMILES string of the molecule is NNC(Cc1ccc(F)cc1Cl)c1ccc(Br)c(Cl)c1. The van der Waals surface area contributed by atoms with Gasteiger partial charge >= 0.3 is 0 Å². The Morgan fingerprint density at radius 2 is 1.90 bits per heavy atom. The molecule has 0 radical (unpaired) electrons. The molecule has 0 fully saturated rings. The predicted octanol–water partition coefficient (Wildman–Crippen LogP) is 4.64. The lowest BCUT2D eigenvalue weighted by Gasteiger charge is -2.18. The van der Waals surface area contributed by atoms with E-state index in [0.29, 0.717) is 16.5 Å². The average Bonchev–Trinajstić information content (AvgIpc) is 2.41. The van der Waals surface area contributed by atoms with E-state index >= 15 is 0 Å². The van der Waals surface area contributed by atoms with E-state index in [1.54, 1.807) is 6.07 Å². The molecule has 0 saturated heterocycles. The van der Waals surface area contributed by atoms with Crippen molar-refractivity contribution in [1.82, 2.24) is 5.43 Å². The first kappa shape index (κ1) is 15.7. The summed E-state index contributed by atoms with van der Waals surface area (Å²) in [5, 5.41) is 0.987. The molecule has 1 unspecified atom stereocenters. The highest BCUT2D eigenvalue weighted by Crippen LogP contribution is 2.29. The van der Waals surface area contributed by atoms with Crippen molar-refractivity contribution in [3.05, 3.63) is 67.9 Å². The van der Waals surface area contributed by atoms with Crippen LogP contribution >= 0.6 is 39.1 Å². The van der Waals surface area contributed by atoms with Crippen molar-refractivity contribution in [1.29, 1.82) is 0 Å². The highest BCUT2D eigenvalue weighted by molar-refractivity contribution is 9.10. The molecule has 3 N–H and O–H groups in total. The Balaban J connectivity index is 2.26. The van der Waals surface area contributed by atoms with Gasteiger partial charge in [-0.2, -0.15) is 0 Å². The minimum atomic E-state index is -0.359. The van der Waals surface area contributed by atoms with Gasteiger partial charge in [-0.3, -0.25) is 11.3 Å². The second kappa shape index (κ2) is 6.87. The van der Waals surface area contributed by atoms with E-state index in [1.165, 1.54) is 12.1 Å². The molecular weight excluding hydrogens is 366 g/mol.